The minimum absolute atomic E-state index is 0.585. The van der Waals surface area contributed by atoms with Gasteiger partial charge in [0.2, 0.25) is 0 Å². The summed E-state index contributed by atoms with van der Waals surface area (Å²) in [6.45, 7) is 5.21. The van der Waals surface area contributed by atoms with Crippen LogP contribution in [0.15, 0.2) is 23.9 Å². The molecule has 0 saturated heterocycles. The fourth-order valence-corrected chi connectivity index (χ4v) is 0.842. The first-order valence-electron chi connectivity index (χ1n) is 4.30. The smallest absolute Gasteiger partial charge is 0.0241 e. The molecule has 12 heavy (non-hydrogen) atoms. The second kappa shape index (κ2) is 5.84. The number of nitrogens with zero attached hydrogens (tertiary/aromatic N) is 1. The predicted molar refractivity (Wildman–Crippen MR) is 54.8 cm³/mol. The minimum atomic E-state index is 0.585. The Morgan fingerprint density at radius 1 is 1.42 bits per heavy atom. The summed E-state index contributed by atoms with van der Waals surface area (Å²) in [5.74, 6) is 0.585. The van der Waals surface area contributed by atoms with Gasteiger partial charge in [-0.1, -0.05) is 26.0 Å². The van der Waals surface area contributed by atoms with E-state index in [2.05, 4.69) is 30.9 Å². The monoisotopic (exact) mass is 168 g/mol. The normalized spacial score (nSPS) is 13.7. The largest absolute Gasteiger partial charge is 0.404 e. The summed E-state index contributed by atoms with van der Waals surface area (Å²) in [7, 11) is 4.07. The van der Waals surface area contributed by atoms with E-state index in [1.54, 1.807) is 6.20 Å². The van der Waals surface area contributed by atoms with Crippen molar-refractivity contribution in [1.29, 1.82) is 0 Å². The molecular weight excluding hydrogens is 148 g/mol. The second-order valence-corrected chi connectivity index (χ2v) is 3.58. The van der Waals surface area contributed by atoms with Crippen molar-refractivity contribution >= 4 is 0 Å². The molecule has 0 unspecified atom stereocenters. The number of nitrogens with two attached hydrogens (primary N) is 1. The topological polar surface area (TPSA) is 29.3 Å². The van der Waals surface area contributed by atoms with Gasteiger partial charge in [0.1, 0.15) is 0 Å². The van der Waals surface area contributed by atoms with E-state index in [4.69, 9.17) is 5.73 Å². The molecule has 0 spiro atoms. The van der Waals surface area contributed by atoms with E-state index >= 15 is 0 Å². The van der Waals surface area contributed by atoms with Crippen LogP contribution in [-0.4, -0.2) is 25.5 Å². The van der Waals surface area contributed by atoms with Crippen LogP contribution in [0.5, 0.6) is 0 Å². The lowest BCUT2D eigenvalue weighted by molar-refractivity contribution is 0.448. The zero-order valence-corrected chi connectivity index (χ0v) is 8.54. The Bertz CT molecular complexity index is 167. The van der Waals surface area contributed by atoms with Gasteiger partial charge in [0.15, 0.2) is 0 Å². The molecule has 0 radical (unpaired) electrons. The van der Waals surface area contributed by atoms with E-state index in [-0.39, 0.29) is 0 Å². The van der Waals surface area contributed by atoms with Gasteiger partial charge in [-0.3, -0.25) is 0 Å². The standard InChI is InChI=1S/C10H20N2/c1-9(2)5-6-10(7-11)8-12(3)4/h5-7,9H,8,11H2,1-4H3/b6-5-,10-7+. The van der Waals surface area contributed by atoms with E-state index in [1.807, 2.05) is 14.1 Å². The van der Waals surface area contributed by atoms with Crippen molar-refractivity contribution in [1.82, 2.24) is 4.90 Å². The Labute approximate surface area is 75.7 Å². The molecule has 0 saturated carbocycles. The Balaban J connectivity index is 4.02. The lowest BCUT2D eigenvalue weighted by Crippen LogP contribution is -2.15. The van der Waals surface area contributed by atoms with Gasteiger partial charge in [-0.15, -0.1) is 0 Å². The van der Waals surface area contributed by atoms with E-state index in [1.165, 1.54) is 0 Å². The molecule has 0 atom stereocenters. The molecule has 0 fully saturated rings. The van der Waals surface area contributed by atoms with Crippen LogP contribution < -0.4 is 5.73 Å². The quantitative estimate of drug-likeness (QED) is 0.646. The van der Waals surface area contributed by atoms with Gasteiger partial charge in [0.25, 0.3) is 0 Å². The summed E-state index contributed by atoms with van der Waals surface area (Å²) in [5, 5.41) is 0. The van der Waals surface area contributed by atoms with Gasteiger partial charge in [-0.2, -0.15) is 0 Å². The SMILES string of the molecule is CC(C)/C=C\C(=C/N)CN(C)C. The molecule has 0 heterocycles. The van der Waals surface area contributed by atoms with E-state index in [0.29, 0.717) is 5.92 Å². The molecule has 0 aliphatic heterocycles. The van der Waals surface area contributed by atoms with Crippen molar-refractivity contribution in [2.24, 2.45) is 11.7 Å². The van der Waals surface area contributed by atoms with Crippen LogP contribution in [0, 0.1) is 5.92 Å². The number of likely N-dealkylation sites (N-methyl/N-ethyl adjacent to an activating group) is 1. The first-order chi connectivity index (χ1) is 5.56. The molecule has 2 N–H and O–H groups in total. The van der Waals surface area contributed by atoms with Gasteiger partial charge in [-0.25, -0.2) is 0 Å². The molecule has 0 rings (SSSR count). The molecule has 0 aliphatic carbocycles. The summed E-state index contributed by atoms with van der Waals surface area (Å²) >= 11 is 0. The summed E-state index contributed by atoms with van der Waals surface area (Å²) < 4.78 is 0. The Morgan fingerprint density at radius 3 is 2.33 bits per heavy atom. The second-order valence-electron chi connectivity index (χ2n) is 3.58. The van der Waals surface area contributed by atoms with Crippen LogP contribution in [0.4, 0.5) is 0 Å². The molecule has 0 aliphatic rings. The summed E-state index contributed by atoms with van der Waals surface area (Å²) in [4.78, 5) is 2.10. The average molecular weight is 168 g/mol. The van der Waals surface area contributed by atoms with Crippen LogP contribution in [0.2, 0.25) is 0 Å². The highest BCUT2D eigenvalue weighted by molar-refractivity contribution is 5.19. The number of rotatable bonds is 4. The molecule has 0 aromatic rings. The molecule has 0 aromatic heterocycles. The Morgan fingerprint density at radius 2 is 2.00 bits per heavy atom. The molecule has 2 heteroatoms. The van der Waals surface area contributed by atoms with E-state index in [9.17, 15) is 0 Å². The maximum atomic E-state index is 5.47. The van der Waals surface area contributed by atoms with Crippen LogP contribution in [0.25, 0.3) is 0 Å². The lowest BCUT2D eigenvalue weighted by atomic mass is 10.1. The Kier molecular flexibility index (Phi) is 5.47. The first kappa shape index (κ1) is 11.2. The number of hydrogen-bond donors (Lipinski definition) is 1. The minimum Gasteiger partial charge on any atom is -0.404 e. The van der Waals surface area contributed by atoms with Crippen LogP contribution in [0.1, 0.15) is 13.8 Å². The van der Waals surface area contributed by atoms with Gasteiger partial charge in [0, 0.05) is 6.54 Å². The number of allylic oxidation sites excluding steroid dienone is 1. The van der Waals surface area contributed by atoms with Crippen molar-refractivity contribution in [2.45, 2.75) is 13.8 Å². The molecule has 0 aromatic carbocycles. The van der Waals surface area contributed by atoms with Crippen LogP contribution in [0.3, 0.4) is 0 Å². The maximum Gasteiger partial charge on any atom is 0.0241 e. The highest BCUT2D eigenvalue weighted by atomic mass is 15.0. The van der Waals surface area contributed by atoms with Crippen LogP contribution >= 0.6 is 0 Å². The third kappa shape index (κ3) is 5.98. The van der Waals surface area contributed by atoms with Gasteiger partial charge < -0.3 is 10.6 Å². The van der Waals surface area contributed by atoms with Gasteiger partial charge >= 0.3 is 0 Å². The summed E-state index contributed by atoms with van der Waals surface area (Å²) in [6.07, 6.45) is 5.91. The highest BCUT2D eigenvalue weighted by Gasteiger charge is 1.94. The van der Waals surface area contributed by atoms with Crippen molar-refractivity contribution < 1.29 is 0 Å². The summed E-state index contributed by atoms with van der Waals surface area (Å²) in [5.41, 5.74) is 6.63. The first-order valence-corrected chi connectivity index (χ1v) is 4.30. The third-order valence-electron chi connectivity index (χ3n) is 1.41. The molecular formula is C10H20N2. The predicted octanol–water partition coefficient (Wildman–Crippen LogP) is 1.60. The van der Waals surface area contributed by atoms with Crippen molar-refractivity contribution in [3.05, 3.63) is 23.9 Å². The fraction of sp³-hybridized carbons (Fsp3) is 0.600. The van der Waals surface area contributed by atoms with Crippen molar-refractivity contribution in [3.63, 3.8) is 0 Å². The zero-order valence-electron chi connectivity index (χ0n) is 8.54. The van der Waals surface area contributed by atoms with Crippen LogP contribution in [-0.2, 0) is 0 Å². The Hall–Kier alpha value is -0.760. The number of hydrogen-bond acceptors (Lipinski definition) is 2. The maximum absolute atomic E-state index is 5.47. The lowest BCUT2D eigenvalue weighted by Gasteiger charge is -2.09. The van der Waals surface area contributed by atoms with E-state index < -0.39 is 0 Å². The average Bonchev–Trinajstić information content (AvgIpc) is 1.97. The van der Waals surface area contributed by atoms with Gasteiger partial charge in [0.05, 0.1) is 0 Å². The fourth-order valence-electron chi connectivity index (χ4n) is 0.842. The molecule has 2 nitrogen and oxygen atoms in total. The molecule has 70 valence electrons. The van der Waals surface area contributed by atoms with E-state index in [0.717, 1.165) is 12.1 Å². The summed E-state index contributed by atoms with van der Waals surface area (Å²) in [6, 6.07) is 0. The van der Waals surface area contributed by atoms with Crippen molar-refractivity contribution in [2.75, 3.05) is 20.6 Å². The highest BCUT2D eigenvalue weighted by Crippen LogP contribution is 2.01. The molecule has 0 bridgehead atoms. The van der Waals surface area contributed by atoms with Crippen molar-refractivity contribution in [3.8, 4) is 0 Å². The zero-order chi connectivity index (χ0) is 9.56. The third-order valence-corrected chi connectivity index (χ3v) is 1.41. The van der Waals surface area contributed by atoms with Gasteiger partial charge in [-0.05, 0) is 31.8 Å². The molecule has 0 amide bonds.